The number of aliphatic hydroxyl groups is 1. The van der Waals surface area contributed by atoms with Crippen LogP contribution in [0.25, 0.3) is 0 Å². The fourth-order valence-corrected chi connectivity index (χ4v) is 3.76. The van der Waals surface area contributed by atoms with Crippen molar-refractivity contribution in [2.45, 2.75) is 142 Å². The van der Waals surface area contributed by atoms with Gasteiger partial charge in [0.2, 0.25) is 0 Å². The SMILES string of the molecule is CCCCC/C=C\C/C=C\CCCCCCCCCC(=O)OC(CO)COC(=O)CCCCCC. The minimum atomic E-state index is -0.766. The van der Waals surface area contributed by atoms with Crippen LogP contribution in [-0.4, -0.2) is 36.4 Å². The lowest BCUT2D eigenvalue weighted by molar-refractivity contribution is -0.161. The van der Waals surface area contributed by atoms with Crippen molar-refractivity contribution < 1.29 is 24.2 Å². The largest absolute Gasteiger partial charge is 0.462 e. The average molecular weight is 495 g/mol. The van der Waals surface area contributed by atoms with Gasteiger partial charge in [0.05, 0.1) is 6.61 Å². The highest BCUT2D eigenvalue weighted by Gasteiger charge is 2.16. The summed E-state index contributed by atoms with van der Waals surface area (Å²) in [6, 6.07) is 0. The molecule has 0 heterocycles. The fourth-order valence-electron chi connectivity index (χ4n) is 3.76. The van der Waals surface area contributed by atoms with Crippen molar-refractivity contribution in [3.05, 3.63) is 24.3 Å². The van der Waals surface area contributed by atoms with Gasteiger partial charge in [-0.15, -0.1) is 0 Å². The first-order valence-corrected chi connectivity index (χ1v) is 14.4. The maximum absolute atomic E-state index is 12.0. The van der Waals surface area contributed by atoms with Gasteiger partial charge < -0.3 is 14.6 Å². The van der Waals surface area contributed by atoms with Gasteiger partial charge in [-0.3, -0.25) is 9.59 Å². The summed E-state index contributed by atoms with van der Waals surface area (Å²) in [5.41, 5.74) is 0. The summed E-state index contributed by atoms with van der Waals surface area (Å²) in [4.78, 5) is 23.7. The topological polar surface area (TPSA) is 72.8 Å². The highest BCUT2D eigenvalue weighted by molar-refractivity contribution is 5.70. The number of hydrogen-bond donors (Lipinski definition) is 1. The molecule has 0 spiro atoms. The van der Waals surface area contributed by atoms with Crippen LogP contribution in [0.1, 0.15) is 136 Å². The van der Waals surface area contributed by atoms with Crippen LogP contribution in [0.2, 0.25) is 0 Å². The molecule has 1 N–H and O–H groups in total. The molecule has 5 nitrogen and oxygen atoms in total. The molecule has 0 aliphatic heterocycles. The fraction of sp³-hybridized carbons (Fsp3) is 0.800. The number of rotatable bonds is 25. The smallest absolute Gasteiger partial charge is 0.306 e. The summed E-state index contributed by atoms with van der Waals surface area (Å²) in [6.07, 6.45) is 28.4. The number of allylic oxidation sites excluding steroid dienone is 4. The predicted octanol–water partition coefficient (Wildman–Crippen LogP) is 8.00. The van der Waals surface area contributed by atoms with Crippen molar-refractivity contribution in [2.24, 2.45) is 0 Å². The molecule has 1 unspecified atom stereocenters. The maximum Gasteiger partial charge on any atom is 0.306 e. The van der Waals surface area contributed by atoms with Crippen molar-refractivity contribution in [3.8, 4) is 0 Å². The third-order valence-electron chi connectivity index (χ3n) is 6.00. The van der Waals surface area contributed by atoms with Gasteiger partial charge in [-0.05, 0) is 44.9 Å². The van der Waals surface area contributed by atoms with Crippen molar-refractivity contribution in [2.75, 3.05) is 13.2 Å². The van der Waals surface area contributed by atoms with Crippen LogP contribution in [0, 0.1) is 0 Å². The van der Waals surface area contributed by atoms with E-state index in [1.165, 1.54) is 51.4 Å². The molecule has 204 valence electrons. The minimum absolute atomic E-state index is 0.0697. The molecule has 0 saturated carbocycles. The number of carbonyl (C=O) groups is 2. The van der Waals surface area contributed by atoms with Gasteiger partial charge >= 0.3 is 11.9 Å². The highest BCUT2D eigenvalue weighted by Crippen LogP contribution is 2.11. The Morgan fingerprint density at radius 1 is 0.657 bits per heavy atom. The molecule has 0 aromatic carbocycles. The zero-order chi connectivity index (χ0) is 25.8. The first-order valence-electron chi connectivity index (χ1n) is 14.4. The Kier molecular flexibility index (Phi) is 25.7. The van der Waals surface area contributed by atoms with Crippen LogP contribution in [0.4, 0.5) is 0 Å². The molecular weight excluding hydrogens is 440 g/mol. The van der Waals surface area contributed by atoms with Crippen molar-refractivity contribution in [1.29, 1.82) is 0 Å². The standard InChI is InChI=1S/C30H54O5/c1-3-5-7-9-10-11-12-13-14-15-16-17-18-19-20-21-23-25-30(33)35-28(26-31)27-34-29(32)24-22-8-6-4-2/h10-11,13-14,28,31H,3-9,12,15-27H2,1-2H3/b11-10-,14-13-. The second-order valence-corrected chi connectivity index (χ2v) is 9.48. The van der Waals surface area contributed by atoms with E-state index in [0.29, 0.717) is 12.8 Å². The summed E-state index contributed by atoms with van der Waals surface area (Å²) in [5, 5.41) is 9.38. The van der Waals surface area contributed by atoms with E-state index in [2.05, 4.69) is 38.2 Å². The van der Waals surface area contributed by atoms with Gasteiger partial charge in [0.1, 0.15) is 6.61 Å². The summed E-state index contributed by atoms with van der Waals surface area (Å²) in [6.45, 7) is 3.96. The van der Waals surface area contributed by atoms with Gasteiger partial charge in [0.25, 0.3) is 0 Å². The number of esters is 2. The van der Waals surface area contributed by atoms with Gasteiger partial charge in [-0.2, -0.15) is 0 Å². The molecule has 5 heteroatoms. The van der Waals surface area contributed by atoms with Crippen LogP contribution in [0.3, 0.4) is 0 Å². The minimum Gasteiger partial charge on any atom is -0.462 e. The van der Waals surface area contributed by atoms with Crippen LogP contribution >= 0.6 is 0 Å². The molecule has 0 saturated heterocycles. The lowest BCUT2D eigenvalue weighted by atomic mass is 10.1. The Balaban J connectivity index is 3.56. The maximum atomic E-state index is 12.0. The number of aliphatic hydroxyl groups excluding tert-OH is 1. The molecule has 0 radical (unpaired) electrons. The van der Waals surface area contributed by atoms with E-state index >= 15 is 0 Å². The van der Waals surface area contributed by atoms with E-state index in [9.17, 15) is 14.7 Å². The summed E-state index contributed by atoms with van der Waals surface area (Å²) in [5.74, 6) is -0.623. The van der Waals surface area contributed by atoms with E-state index in [-0.39, 0.29) is 25.2 Å². The normalized spacial score (nSPS) is 12.4. The Morgan fingerprint density at radius 3 is 1.74 bits per heavy atom. The molecule has 0 bridgehead atoms. The summed E-state index contributed by atoms with van der Waals surface area (Å²) < 4.78 is 10.4. The van der Waals surface area contributed by atoms with E-state index in [4.69, 9.17) is 9.47 Å². The van der Waals surface area contributed by atoms with Gasteiger partial charge in [-0.1, -0.05) is 102 Å². The Morgan fingerprint density at radius 2 is 1.14 bits per heavy atom. The molecule has 1 atom stereocenters. The molecule has 0 fully saturated rings. The van der Waals surface area contributed by atoms with Crippen molar-refractivity contribution in [1.82, 2.24) is 0 Å². The zero-order valence-electron chi connectivity index (χ0n) is 22.8. The number of hydrogen-bond acceptors (Lipinski definition) is 5. The van der Waals surface area contributed by atoms with E-state index in [0.717, 1.165) is 57.8 Å². The lowest BCUT2D eigenvalue weighted by Crippen LogP contribution is -2.28. The van der Waals surface area contributed by atoms with E-state index in [1.807, 2.05) is 0 Å². The third-order valence-corrected chi connectivity index (χ3v) is 6.00. The molecule has 0 amide bonds. The molecule has 0 aliphatic carbocycles. The first-order chi connectivity index (χ1) is 17.1. The Labute approximate surface area is 215 Å². The van der Waals surface area contributed by atoms with Crippen molar-refractivity contribution >= 4 is 11.9 Å². The Hall–Kier alpha value is -1.62. The molecule has 0 aromatic heterocycles. The van der Waals surface area contributed by atoms with E-state index in [1.54, 1.807) is 0 Å². The number of ether oxygens (including phenoxy) is 2. The van der Waals surface area contributed by atoms with Crippen LogP contribution < -0.4 is 0 Å². The summed E-state index contributed by atoms with van der Waals surface area (Å²) in [7, 11) is 0. The van der Waals surface area contributed by atoms with E-state index < -0.39 is 6.10 Å². The van der Waals surface area contributed by atoms with Crippen LogP contribution in [0.5, 0.6) is 0 Å². The molecular formula is C30H54O5. The monoisotopic (exact) mass is 494 g/mol. The van der Waals surface area contributed by atoms with Crippen LogP contribution in [-0.2, 0) is 19.1 Å². The average Bonchev–Trinajstić information content (AvgIpc) is 2.86. The molecule has 0 aliphatic rings. The van der Waals surface area contributed by atoms with Gasteiger partial charge in [0, 0.05) is 12.8 Å². The second-order valence-electron chi connectivity index (χ2n) is 9.48. The predicted molar refractivity (Wildman–Crippen MR) is 145 cm³/mol. The third kappa shape index (κ3) is 25.3. The number of unbranched alkanes of at least 4 members (excludes halogenated alkanes) is 13. The van der Waals surface area contributed by atoms with Gasteiger partial charge in [0.15, 0.2) is 6.10 Å². The zero-order valence-corrected chi connectivity index (χ0v) is 22.8. The van der Waals surface area contributed by atoms with Crippen LogP contribution in [0.15, 0.2) is 24.3 Å². The second kappa shape index (κ2) is 27.0. The quantitative estimate of drug-likeness (QED) is 0.0790. The highest BCUT2D eigenvalue weighted by atomic mass is 16.6. The first kappa shape index (κ1) is 33.4. The van der Waals surface area contributed by atoms with Crippen molar-refractivity contribution in [3.63, 3.8) is 0 Å². The molecule has 0 rings (SSSR count). The molecule has 35 heavy (non-hydrogen) atoms. The Bertz CT molecular complexity index is 541. The van der Waals surface area contributed by atoms with Gasteiger partial charge in [-0.25, -0.2) is 0 Å². The molecule has 0 aromatic rings. The summed E-state index contributed by atoms with van der Waals surface area (Å²) >= 11 is 0. The lowest BCUT2D eigenvalue weighted by Gasteiger charge is -2.15. The number of carbonyl (C=O) groups excluding carboxylic acids is 2.